The highest BCUT2D eigenvalue weighted by Gasteiger charge is 2.32. The SMILES string of the molecule is C[C@@H](OC1CCCCO1)[C@H](NC(=O)OCC1c2ccccc2-c2ccccc21)C(=O)O. The molecule has 2 aromatic rings. The number of rotatable bonds is 7. The number of carbonyl (C=O) groups excluding carboxylic acids is 1. The minimum atomic E-state index is -1.24. The Morgan fingerprint density at radius 2 is 1.74 bits per heavy atom. The van der Waals surface area contributed by atoms with Crippen molar-refractivity contribution in [1.82, 2.24) is 5.32 Å². The summed E-state index contributed by atoms with van der Waals surface area (Å²) in [5, 5.41) is 12.0. The van der Waals surface area contributed by atoms with Gasteiger partial charge in [-0.05, 0) is 48.4 Å². The van der Waals surface area contributed by atoms with Crippen molar-refractivity contribution in [3.63, 3.8) is 0 Å². The average molecular weight is 425 g/mol. The van der Waals surface area contributed by atoms with E-state index in [4.69, 9.17) is 14.2 Å². The normalized spacial score (nSPS) is 19.7. The molecule has 2 aromatic carbocycles. The van der Waals surface area contributed by atoms with Crippen LogP contribution < -0.4 is 5.32 Å². The maximum atomic E-state index is 12.5. The van der Waals surface area contributed by atoms with Gasteiger partial charge in [-0.1, -0.05) is 48.5 Å². The fourth-order valence-electron chi connectivity index (χ4n) is 4.28. The van der Waals surface area contributed by atoms with Gasteiger partial charge in [0, 0.05) is 12.5 Å². The number of hydrogen-bond donors (Lipinski definition) is 2. The highest BCUT2D eigenvalue weighted by molar-refractivity contribution is 5.81. The molecule has 1 saturated heterocycles. The Balaban J connectivity index is 1.38. The Morgan fingerprint density at radius 3 is 2.32 bits per heavy atom. The second kappa shape index (κ2) is 9.49. The Labute approximate surface area is 181 Å². The van der Waals surface area contributed by atoms with Crippen molar-refractivity contribution in [2.75, 3.05) is 13.2 Å². The van der Waals surface area contributed by atoms with Crippen LogP contribution in [0.2, 0.25) is 0 Å². The Bertz CT molecular complexity index is 894. The topological polar surface area (TPSA) is 94.1 Å². The maximum absolute atomic E-state index is 12.5. The van der Waals surface area contributed by atoms with Crippen LogP contribution in [0.4, 0.5) is 4.79 Å². The third kappa shape index (κ3) is 4.73. The summed E-state index contributed by atoms with van der Waals surface area (Å²) in [4.78, 5) is 24.2. The molecule has 1 amide bonds. The lowest BCUT2D eigenvalue weighted by atomic mass is 9.98. The fourth-order valence-corrected chi connectivity index (χ4v) is 4.28. The number of nitrogens with one attached hydrogen (secondary N) is 1. The Morgan fingerprint density at radius 1 is 1.10 bits per heavy atom. The zero-order valence-electron chi connectivity index (χ0n) is 17.5. The molecular weight excluding hydrogens is 398 g/mol. The maximum Gasteiger partial charge on any atom is 0.407 e. The number of aliphatic carboxylic acids is 1. The lowest BCUT2D eigenvalue weighted by Gasteiger charge is -2.29. The number of alkyl carbamates (subject to hydrolysis) is 1. The van der Waals surface area contributed by atoms with Gasteiger partial charge in [0.15, 0.2) is 12.3 Å². The first-order valence-electron chi connectivity index (χ1n) is 10.7. The first-order valence-corrected chi connectivity index (χ1v) is 10.7. The lowest BCUT2D eigenvalue weighted by molar-refractivity contribution is -0.193. The van der Waals surface area contributed by atoms with E-state index in [1.54, 1.807) is 6.92 Å². The Hall–Kier alpha value is -2.90. The molecule has 0 radical (unpaired) electrons. The number of fused-ring (bicyclic) bond motifs is 3. The molecule has 1 unspecified atom stereocenters. The molecule has 7 nitrogen and oxygen atoms in total. The quantitative estimate of drug-likeness (QED) is 0.699. The molecule has 1 aliphatic heterocycles. The highest BCUT2D eigenvalue weighted by atomic mass is 16.7. The van der Waals surface area contributed by atoms with Crippen LogP contribution >= 0.6 is 0 Å². The summed E-state index contributed by atoms with van der Waals surface area (Å²) in [6.45, 7) is 2.32. The monoisotopic (exact) mass is 425 g/mol. The van der Waals surface area contributed by atoms with Crippen molar-refractivity contribution in [2.24, 2.45) is 0 Å². The van der Waals surface area contributed by atoms with Crippen LogP contribution in [-0.2, 0) is 19.0 Å². The molecule has 0 aromatic heterocycles. The van der Waals surface area contributed by atoms with Crippen molar-refractivity contribution in [3.8, 4) is 11.1 Å². The van der Waals surface area contributed by atoms with Crippen molar-refractivity contribution in [3.05, 3.63) is 59.7 Å². The minimum Gasteiger partial charge on any atom is -0.480 e. The molecule has 0 spiro atoms. The molecule has 1 aliphatic carbocycles. The van der Waals surface area contributed by atoms with Gasteiger partial charge in [-0.3, -0.25) is 0 Å². The van der Waals surface area contributed by atoms with Crippen LogP contribution in [0.5, 0.6) is 0 Å². The first-order chi connectivity index (χ1) is 15.0. The second-order valence-corrected chi connectivity index (χ2v) is 7.92. The second-order valence-electron chi connectivity index (χ2n) is 7.92. The average Bonchev–Trinajstić information content (AvgIpc) is 3.10. The number of carboxylic acid groups (broad SMARTS) is 1. The zero-order chi connectivity index (χ0) is 21.8. The number of hydrogen-bond acceptors (Lipinski definition) is 5. The number of ether oxygens (including phenoxy) is 3. The van der Waals surface area contributed by atoms with E-state index < -0.39 is 30.5 Å². The molecule has 0 bridgehead atoms. The summed E-state index contributed by atoms with van der Waals surface area (Å²) in [7, 11) is 0. The summed E-state index contributed by atoms with van der Waals surface area (Å²) in [6, 6.07) is 14.8. The third-order valence-corrected chi connectivity index (χ3v) is 5.86. The van der Waals surface area contributed by atoms with Crippen LogP contribution in [0.3, 0.4) is 0 Å². The summed E-state index contributed by atoms with van der Waals surface area (Å²) < 4.78 is 16.7. The molecule has 31 heavy (non-hydrogen) atoms. The molecule has 1 fully saturated rings. The molecule has 3 atom stereocenters. The van der Waals surface area contributed by atoms with E-state index in [0.29, 0.717) is 13.0 Å². The molecule has 2 aliphatic rings. The van der Waals surface area contributed by atoms with Crippen LogP contribution in [0.15, 0.2) is 48.5 Å². The van der Waals surface area contributed by atoms with E-state index in [0.717, 1.165) is 35.1 Å². The van der Waals surface area contributed by atoms with Crippen LogP contribution in [-0.4, -0.2) is 48.8 Å². The molecule has 4 rings (SSSR count). The van der Waals surface area contributed by atoms with Crippen LogP contribution in [0, 0.1) is 0 Å². The zero-order valence-corrected chi connectivity index (χ0v) is 17.5. The van der Waals surface area contributed by atoms with E-state index >= 15 is 0 Å². The molecule has 2 N–H and O–H groups in total. The van der Waals surface area contributed by atoms with Gasteiger partial charge in [0.1, 0.15) is 6.61 Å². The lowest BCUT2D eigenvalue weighted by Crippen LogP contribution is -2.50. The predicted octanol–water partition coefficient (Wildman–Crippen LogP) is 3.91. The summed E-state index contributed by atoms with van der Waals surface area (Å²) >= 11 is 0. The Kier molecular flexibility index (Phi) is 6.53. The van der Waals surface area contributed by atoms with Crippen molar-refractivity contribution >= 4 is 12.1 Å². The van der Waals surface area contributed by atoms with Gasteiger partial charge < -0.3 is 24.6 Å². The molecular formula is C24H27NO6. The van der Waals surface area contributed by atoms with E-state index in [1.807, 2.05) is 36.4 Å². The van der Waals surface area contributed by atoms with Gasteiger partial charge in [-0.2, -0.15) is 0 Å². The fraction of sp³-hybridized carbons (Fsp3) is 0.417. The molecule has 1 heterocycles. The minimum absolute atomic E-state index is 0.0919. The van der Waals surface area contributed by atoms with E-state index in [-0.39, 0.29) is 12.5 Å². The van der Waals surface area contributed by atoms with Crippen molar-refractivity contribution in [1.29, 1.82) is 0 Å². The van der Waals surface area contributed by atoms with E-state index in [1.165, 1.54) is 0 Å². The van der Waals surface area contributed by atoms with E-state index in [2.05, 4.69) is 17.4 Å². The molecule has 7 heteroatoms. The van der Waals surface area contributed by atoms with E-state index in [9.17, 15) is 14.7 Å². The first kappa shape index (κ1) is 21.3. The van der Waals surface area contributed by atoms with Gasteiger partial charge in [0.2, 0.25) is 0 Å². The number of amides is 1. The highest BCUT2D eigenvalue weighted by Crippen LogP contribution is 2.44. The van der Waals surface area contributed by atoms with Crippen molar-refractivity contribution in [2.45, 2.75) is 50.5 Å². The summed E-state index contributed by atoms with van der Waals surface area (Å²) in [5.74, 6) is -1.28. The van der Waals surface area contributed by atoms with Crippen LogP contribution in [0.25, 0.3) is 11.1 Å². The van der Waals surface area contributed by atoms with Gasteiger partial charge >= 0.3 is 12.1 Å². The number of carbonyl (C=O) groups is 2. The third-order valence-electron chi connectivity index (χ3n) is 5.86. The standard InChI is InChI=1S/C24H27NO6/c1-15(31-21-12-6-7-13-29-21)22(23(26)27)25-24(28)30-14-20-18-10-4-2-8-16(18)17-9-3-5-11-19(17)20/h2-5,8-11,15,20-22H,6-7,12-14H2,1H3,(H,25,28)(H,26,27)/t15-,21?,22+/m1/s1. The predicted molar refractivity (Wildman–Crippen MR) is 114 cm³/mol. The smallest absolute Gasteiger partial charge is 0.407 e. The van der Waals surface area contributed by atoms with Crippen LogP contribution in [0.1, 0.15) is 43.2 Å². The largest absolute Gasteiger partial charge is 0.480 e. The molecule has 164 valence electrons. The number of carboxylic acids is 1. The van der Waals surface area contributed by atoms with Crippen molar-refractivity contribution < 1.29 is 28.9 Å². The van der Waals surface area contributed by atoms with Gasteiger partial charge in [-0.25, -0.2) is 9.59 Å². The summed E-state index contributed by atoms with van der Waals surface area (Å²) in [6.07, 6.45) is 0.649. The van der Waals surface area contributed by atoms with Gasteiger partial charge in [0.05, 0.1) is 6.10 Å². The number of benzene rings is 2. The van der Waals surface area contributed by atoms with Gasteiger partial charge in [-0.15, -0.1) is 0 Å². The van der Waals surface area contributed by atoms with Gasteiger partial charge in [0.25, 0.3) is 0 Å². The summed E-state index contributed by atoms with van der Waals surface area (Å²) in [5.41, 5.74) is 4.45. The molecule has 0 saturated carbocycles.